The van der Waals surface area contributed by atoms with E-state index in [0.717, 1.165) is 30.0 Å². The molecule has 0 aromatic heterocycles. The molecule has 21 heavy (non-hydrogen) atoms. The third-order valence-electron chi connectivity index (χ3n) is 4.48. The van der Waals surface area contributed by atoms with Crippen LogP contribution in [0.4, 0.5) is 5.69 Å². The molecule has 3 nitrogen and oxygen atoms in total. The van der Waals surface area contributed by atoms with Crippen LogP contribution in [-0.4, -0.2) is 13.2 Å². The van der Waals surface area contributed by atoms with Crippen LogP contribution in [0.25, 0.3) is 0 Å². The minimum atomic E-state index is 0.0677. The Kier molecular flexibility index (Phi) is 2.81. The fourth-order valence-corrected chi connectivity index (χ4v) is 3.35. The highest BCUT2D eigenvalue weighted by molar-refractivity contribution is 5.61. The molecule has 0 amide bonds. The number of methoxy groups -OCH3 is 1. The van der Waals surface area contributed by atoms with Crippen molar-refractivity contribution in [1.29, 1.82) is 0 Å². The molecule has 4 rings (SSSR count). The SMILES string of the molecule is COc1ccc2c(c1)C1Oc3cc(C)ccc3NC1CC2. The van der Waals surface area contributed by atoms with Crippen molar-refractivity contribution in [3.05, 3.63) is 53.1 Å². The Hall–Kier alpha value is -2.16. The standard InChI is InChI=1S/C18H19NO2/c1-11-3-7-15-17(9-11)21-18-14-10-13(20-2)6-4-12(14)5-8-16(18)19-15/h3-4,6-7,9-10,16,18-19H,5,8H2,1-2H3. The van der Waals surface area contributed by atoms with Crippen molar-refractivity contribution in [2.45, 2.75) is 31.9 Å². The zero-order valence-corrected chi connectivity index (χ0v) is 12.3. The van der Waals surface area contributed by atoms with Gasteiger partial charge in [-0.3, -0.25) is 0 Å². The van der Waals surface area contributed by atoms with Crippen molar-refractivity contribution in [3.8, 4) is 11.5 Å². The Labute approximate surface area is 124 Å². The van der Waals surface area contributed by atoms with Crippen LogP contribution >= 0.6 is 0 Å². The first kappa shape index (κ1) is 12.6. The van der Waals surface area contributed by atoms with Crippen LogP contribution < -0.4 is 14.8 Å². The van der Waals surface area contributed by atoms with E-state index in [-0.39, 0.29) is 6.10 Å². The topological polar surface area (TPSA) is 30.5 Å². The monoisotopic (exact) mass is 281 g/mol. The zero-order chi connectivity index (χ0) is 14.4. The highest BCUT2D eigenvalue weighted by Crippen LogP contribution is 2.43. The number of fused-ring (bicyclic) bond motifs is 4. The van der Waals surface area contributed by atoms with E-state index >= 15 is 0 Å². The molecule has 2 aromatic rings. The number of benzene rings is 2. The van der Waals surface area contributed by atoms with Gasteiger partial charge in [-0.1, -0.05) is 12.1 Å². The Morgan fingerprint density at radius 3 is 2.95 bits per heavy atom. The molecule has 2 aromatic carbocycles. The molecule has 1 aliphatic carbocycles. The summed E-state index contributed by atoms with van der Waals surface area (Å²) in [6.07, 6.45) is 2.24. The summed E-state index contributed by atoms with van der Waals surface area (Å²) in [5, 5.41) is 3.64. The van der Waals surface area contributed by atoms with Gasteiger partial charge in [0.15, 0.2) is 0 Å². The lowest BCUT2D eigenvalue weighted by Crippen LogP contribution is -2.38. The normalized spacial score (nSPS) is 22.2. The van der Waals surface area contributed by atoms with E-state index in [9.17, 15) is 0 Å². The predicted octanol–water partition coefficient (Wildman–Crippen LogP) is 3.86. The van der Waals surface area contributed by atoms with Crippen molar-refractivity contribution < 1.29 is 9.47 Å². The maximum absolute atomic E-state index is 6.32. The third-order valence-corrected chi connectivity index (χ3v) is 4.48. The lowest BCUT2D eigenvalue weighted by atomic mass is 9.84. The number of hydrogen-bond acceptors (Lipinski definition) is 3. The van der Waals surface area contributed by atoms with Crippen LogP contribution in [0.2, 0.25) is 0 Å². The van der Waals surface area contributed by atoms with Crippen molar-refractivity contribution in [2.75, 3.05) is 12.4 Å². The van der Waals surface area contributed by atoms with Crippen LogP contribution in [0.5, 0.6) is 11.5 Å². The van der Waals surface area contributed by atoms with E-state index in [4.69, 9.17) is 9.47 Å². The van der Waals surface area contributed by atoms with Gasteiger partial charge >= 0.3 is 0 Å². The molecule has 108 valence electrons. The lowest BCUT2D eigenvalue weighted by molar-refractivity contribution is 0.157. The predicted molar refractivity (Wildman–Crippen MR) is 83.3 cm³/mol. The number of anilines is 1. The first-order valence-corrected chi connectivity index (χ1v) is 7.45. The smallest absolute Gasteiger partial charge is 0.144 e. The van der Waals surface area contributed by atoms with E-state index in [2.05, 4.69) is 42.6 Å². The molecule has 0 saturated carbocycles. The molecule has 0 radical (unpaired) electrons. The van der Waals surface area contributed by atoms with E-state index in [0.29, 0.717) is 6.04 Å². The molecule has 0 bridgehead atoms. The molecule has 0 saturated heterocycles. The molecule has 2 atom stereocenters. The van der Waals surface area contributed by atoms with E-state index < -0.39 is 0 Å². The highest BCUT2D eigenvalue weighted by atomic mass is 16.5. The van der Waals surface area contributed by atoms with E-state index in [1.165, 1.54) is 16.7 Å². The van der Waals surface area contributed by atoms with Gasteiger partial charge in [-0.2, -0.15) is 0 Å². The number of rotatable bonds is 1. The molecular formula is C18H19NO2. The molecule has 0 fully saturated rings. The van der Waals surface area contributed by atoms with E-state index in [1.54, 1.807) is 7.11 Å². The minimum absolute atomic E-state index is 0.0677. The molecule has 2 aliphatic rings. The zero-order valence-electron chi connectivity index (χ0n) is 12.3. The summed E-state index contributed by atoms with van der Waals surface area (Å²) in [4.78, 5) is 0. The molecular weight excluding hydrogens is 262 g/mol. The van der Waals surface area contributed by atoms with Crippen molar-refractivity contribution in [3.63, 3.8) is 0 Å². The number of hydrogen-bond donors (Lipinski definition) is 1. The van der Waals surface area contributed by atoms with Crippen molar-refractivity contribution in [1.82, 2.24) is 0 Å². The van der Waals surface area contributed by atoms with Crippen LogP contribution in [-0.2, 0) is 6.42 Å². The van der Waals surface area contributed by atoms with Crippen LogP contribution in [0.1, 0.15) is 29.2 Å². The van der Waals surface area contributed by atoms with E-state index in [1.807, 2.05) is 6.07 Å². The molecule has 1 heterocycles. The molecule has 1 aliphatic heterocycles. The summed E-state index contributed by atoms with van der Waals surface area (Å²) < 4.78 is 11.7. The van der Waals surface area contributed by atoms with Gasteiger partial charge in [-0.15, -0.1) is 0 Å². The van der Waals surface area contributed by atoms with Crippen LogP contribution in [0.15, 0.2) is 36.4 Å². The summed E-state index contributed by atoms with van der Waals surface area (Å²) in [6, 6.07) is 13.0. The number of aryl methyl sites for hydroxylation is 2. The van der Waals surface area contributed by atoms with Gasteiger partial charge < -0.3 is 14.8 Å². The van der Waals surface area contributed by atoms with Gasteiger partial charge in [0.25, 0.3) is 0 Å². The molecule has 1 N–H and O–H groups in total. The largest absolute Gasteiger partial charge is 0.497 e. The summed E-state index contributed by atoms with van der Waals surface area (Å²) in [7, 11) is 1.71. The van der Waals surface area contributed by atoms with Gasteiger partial charge in [0.2, 0.25) is 0 Å². The fraction of sp³-hybridized carbons (Fsp3) is 0.333. The average molecular weight is 281 g/mol. The van der Waals surface area contributed by atoms with Gasteiger partial charge in [0, 0.05) is 5.56 Å². The molecule has 3 heteroatoms. The third kappa shape index (κ3) is 2.04. The summed E-state index contributed by atoms with van der Waals surface area (Å²) in [5.41, 5.74) is 4.95. The lowest BCUT2D eigenvalue weighted by Gasteiger charge is -2.39. The van der Waals surface area contributed by atoms with Crippen LogP contribution in [0, 0.1) is 6.92 Å². The second kappa shape index (κ2) is 4.69. The minimum Gasteiger partial charge on any atom is -0.497 e. The van der Waals surface area contributed by atoms with Crippen LogP contribution in [0.3, 0.4) is 0 Å². The van der Waals surface area contributed by atoms with Crippen molar-refractivity contribution in [2.24, 2.45) is 0 Å². The second-order valence-corrected chi connectivity index (χ2v) is 5.89. The molecule has 0 spiro atoms. The molecule has 2 unspecified atom stereocenters. The fourth-order valence-electron chi connectivity index (χ4n) is 3.35. The van der Waals surface area contributed by atoms with Gasteiger partial charge in [0.05, 0.1) is 18.8 Å². The van der Waals surface area contributed by atoms with Gasteiger partial charge in [-0.25, -0.2) is 0 Å². The Morgan fingerprint density at radius 2 is 2.10 bits per heavy atom. The summed E-state index contributed by atoms with van der Waals surface area (Å²) >= 11 is 0. The summed E-state index contributed by atoms with van der Waals surface area (Å²) in [6.45, 7) is 2.09. The van der Waals surface area contributed by atoms with Gasteiger partial charge in [-0.05, 0) is 55.2 Å². The Morgan fingerprint density at radius 1 is 1.19 bits per heavy atom. The number of ether oxygens (including phenoxy) is 2. The Balaban J connectivity index is 1.76. The average Bonchev–Trinajstić information content (AvgIpc) is 2.52. The highest BCUT2D eigenvalue weighted by Gasteiger charge is 2.35. The van der Waals surface area contributed by atoms with Crippen molar-refractivity contribution >= 4 is 5.69 Å². The summed E-state index contributed by atoms with van der Waals surface area (Å²) in [5.74, 6) is 1.85. The quantitative estimate of drug-likeness (QED) is 0.861. The number of nitrogens with one attached hydrogen (secondary N) is 1. The second-order valence-electron chi connectivity index (χ2n) is 5.89. The first-order chi connectivity index (χ1) is 10.2. The van der Waals surface area contributed by atoms with Gasteiger partial charge in [0.1, 0.15) is 17.6 Å². The Bertz CT molecular complexity index is 696. The maximum atomic E-state index is 6.32. The first-order valence-electron chi connectivity index (χ1n) is 7.45. The maximum Gasteiger partial charge on any atom is 0.144 e.